The summed E-state index contributed by atoms with van der Waals surface area (Å²) in [6.07, 6.45) is 1.62. The predicted molar refractivity (Wildman–Crippen MR) is 48.7 cm³/mol. The molecule has 1 unspecified atom stereocenters. The van der Waals surface area contributed by atoms with E-state index >= 15 is 0 Å². The van der Waals surface area contributed by atoms with Gasteiger partial charge < -0.3 is 10.1 Å². The molecule has 1 aliphatic rings. The second-order valence-electron chi connectivity index (χ2n) is 2.35. The third-order valence-corrected chi connectivity index (χ3v) is 1.49. The van der Waals surface area contributed by atoms with Crippen LogP contribution in [0.4, 0.5) is 0 Å². The lowest BCUT2D eigenvalue weighted by molar-refractivity contribution is -0.147. The highest BCUT2D eigenvalue weighted by atomic mass is 35.5. The molecule has 0 radical (unpaired) electrons. The Morgan fingerprint density at radius 2 is 2.58 bits per heavy atom. The van der Waals surface area contributed by atoms with Crippen molar-refractivity contribution >= 4 is 24.7 Å². The summed E-state index contributed by atoms with van der Waals surface area (Å²) in [6.45, 7) is 3.44. The summed E-state index contributed by atoms with van der Waals surface area (Å²) in [4.78, 5) is 15.0. The molecule has 12 heavy (non-hydrogen) atoms. The Bertz CT molecular complexity index is 173. The maximum atomic E-state index is 11.1. The van der Waals surface area contributed by atoms with Crippen LogP contribution >= 0.6 is 12.4 Å². The van der Waals surface area contributed by atoms with E-state index < -0.39 is 0 Å². The molecule has 0 fully saturated rings. The summed E-state index contributed by atoms with van der Waals surface area (Å²) in [5, 5.41) is 2.88. The van der Waals surface area contributed by atoms with E-state index in [9.17, 15) is 4.79 Å². The topological polar surface area (TPSA) is 50.7 Å². The van der Waals surface area contributed by atoms with Gasteiger partial charge in [-0.15, -0.1) is 12.4 Å². The quantitative estimate of drug-likeness (QED) is 0.637. The number of carbonyl (C=O) groups excluding carboxylic acids is 1. The molecular weight excluding hydrogens is 180 g/mol. The molecule has 0 aliphatic carbocycles. The number of carbonyl (C=O) groups is 1. The molecule has 1 N–H and O–H groups in total. The van der Waals surface area contributed by atoms with Crippen LogP contribution in [-0.4, -0.2) is 32.0 Å². The molecule has 0 spiro atoms. The number of hydrogen-bond acceptors (Lipinski definition) is 4. The molecular formula is C7H13ClN2O2. The first-order valence-electron chi connectivity index (χ1n) is 3.73. The number of esters is 1. The van der Waals surface area contributed by atoms with Gasteiger partial charge in [0.25, 0.3) is 0 Å². The minimum atomic E-state index is -0.156. The highest BCUT2D eigenvalue weighted by Gasteiger charge is 2.19. The van der Waals surface area contributed by atoms with Crippen LogP contribution in [-0.2, 0) is 9.53 Å². The molecule has 1 rings (SSSR count). The normalized spacial score (nSPS) is 20.6. The zero-order valence-corrected chi connectivity index (χ0v) is 7.76. The second kappa shape index (κ2) is 5.83. The summed E-state index contributed by atoms with van der Waals surface area (Å²) < 4.78 is 4.83. The van der Waals surface area contributed by atoms with Gasteiger partial charge in [0.15, 0.2) is 0 Å². The Kier molecular flexibility index (Phi) is 5.45. The number of aliphatic imine (C=N–C) groups is 1. The predicted octanol–water partition coefficient (Wildman–Crippen LogP) is 0.219. The fraction of sp³-hybridized carbons (Fsp3) is 0.714. The van der Waals surface area contributed by atoms with Gasteiger partial charge in [-0.1, -0.05) is 0 Å². The SMILES string of the molecule is CCOC(=O)C1CN=CNC1.Cl. The van der Waals surface area contributed by atoms with Gasteiger partial charge in [0.1, 0.15) is 0 Å². The molecule has 0 amide bonds. The zero-order valence-electron chi connectivity index (χ0n) is 6.95. The molecule has 0 saturated heterocycles. The van der Waals surface area contributed by atoms with Gasteiger partial charge in [0.05, 0.1) is 25.4 Å². The third-order valence-electron chi connectivity index (χ3n) is 1.49. The lowest BCUT2D eigenvalue weighted by atomic mass is 10.1. The average molecular weight is 193 g/mol. The Morgan fingerprint density at radius 3 is 3.08 bits per heavy atom. The molecule has 1 heterocycles. The molecule has 0 saturated carbocycles. The summed E-state index contributed by atoms with van der Waals surface area (Å²) >= 11 is 0. The molecule has 5 heteroatoms. The Labute approximate surface area is 77.8 Å². The smallest absolute Gasteiger partial charge is 0.312 e. The van der Waals surface area contributed by atoms with Gasteiger partial charge in [0.2, 0.25) is 0 Å². The van der Waals surface area contributed by atoms with Crippen LogP contribution in [0.15, 0.2) is 4.99 Å². The highest BCUT2D eigenvalue weighted by Crippen LogP contribution is 2.01. The molecule has 0 aromatic rings. The zero-order chi connectivity index (χ0) is 8.10. The molecule has 1 atom stereocenters. The minimum absolute atomic E-state index is 0. The second-order valence-corrected chi connectivity index (χ2v) is 2.35. The van der Waals surface area contributed by atoms with Crippen LogP contribution in [0, 0.1) is 5.92 Å². The van der Waals surface area contributed by atoms with Crippen LogP contribution in [0.1, 0.15) is 6.92 Å². The standard InChI is InChI=1S/C7H12N2O2.ClH/c1-2-11-7(10)6-3-8-5-9-4-6;/h5-6H,2-4H2,1H3,(H,8,9);1H. The lowest BCUT2D eigenvalue weighted by Gasteiger charge is -2.16. The fourth-order valence-electron chi connectivity index (χ4n) is 0.922. The molecule has 4 nitrogen and oxygen atoms in total. The fourth-order valence-corrected chi connectivity index (χ4v) is 0.922. The van der Waals surface area contributed by atoms with Crippen molar-refractivity contribution in [1.82, 2.24) is 5.32 Å². The van der Waals surface area contributed by atoms with Crippen molar-refractivity contribution < 1.29 is 9.53 Å². The van der Waals surface area contributed by atoms with E-state index in [4.69, 9.17) is 4.74 Å². The number of nitrogens with one attached hydrogen (secondary N) is 1. The maximum absolute atomic E-state index is 11.1. The van der Waals surface area contributed by atoms with E-state index in [2.05, 4.69) is 10.3 Å². The van der Waals surface area contributed by atoms with Crippen molar-refractivity contribution in [3.05, 3.63) is 0 Å². The van der Waals surface area contributed by atoms with E-state index in [-0.39, 0.29) is 24.3 Å². The lowest BCUT2D eigenvalue weighted by Crippen LogP contribution is -2.34. The van der Waals surface area contributed by atoms with Crippen LogP contribution < -0.4 is 5.32 Å². The van der Waals surface area contributed by atoms with Crippen LogP contribution in [0.2, 0.25) is 0 Å². The summed E-state index contributed by atoms with van der Waals surface area (Å²) in [6, 6.07) is 0. The Balaban J connectivity index is 0.00000121. The van der Waals surface area contributed by atoms with E-state index in [1.807, 2.05) is 0 Å². The van der Waals surface area contributed by atoms with Gasteiger partial charge in [-0.3, -0.25) is 9.79 Å². The Morgan fingerprint density at radius 1 is 1.83 bits per heavy atom. The van der Waals surface area contributed by atoms with Gasteiger partial charge >= 0.3 is 5.97 Å². The van der Waals surface area contributed by atoms with Crippen molar-refractivity contribution in [2.45, 2.75) is 6.92 Å². The molecule has 0 bridgehead atoms. The van der Waals surface area contributed by atoms with E-state index in [0.29, 0.717) is 19.7 Å². The van der Waals surface area contributed by atoms with Crippen LogP contribution in [0.5, 0.6) is 0 Å². The number of hydrogen-bond donors (Lipinski definition) is 1. The van der Waals surface area contributed by atoms with Crippen molar-refractivity contribution in [3.63, 3.8) is 0 Å². The van der Waals surface area contributed by atoms with E-state index in [1.165, 1.54) is 0 Å². The number of nitrogens with zero attached hydrogens (tertiary/aromatic N) is 1. The first-order chi connectivity index (χ1) is 5.34. The molecule has 1 aliphatic heterocycles. The largest absolute Gasteiger partial charge is 0.466 e. The van der Waals surface area contributed by atoms with Gasteiger partial charge in [0, 0.05) is 6.54 Å². The molecule has 0 aromatic carbocycles. The van der Waals surface area contributed by atoms with Crippen molar-refractivity contribution in [3.8, 4) is 0 Å². The van der Waals surface area contributed by atoms with E-state index in [0.717, 1.165) is 0 Å². The van der Waals surface area contributed by atoms with Gasteiger partial charge in [-0.05, 0) is 6.92 Å². The number of halogens is 1. The highest BCUT2D eigenvalue weighted by molar-refractivity contribution is 5.85. The summed E-state index contributed by atoms with van der Waals surface area (Å²) in [5.74, 6) is -0.253. The molecule has 70 valence electrons. The minimum Gasteiger partial charge on any atom is -0.466 e. The monoisotopic (exact) mass is 192 g/mol. The van der Waals surface area contributed by atoms with Crippen molar-refractivity contribution in [2.24, 2.45) is 10.9 Å². The first-order valence-corrected chi connectivity index (χ1v) is 3.73. The van der Waals surface area contributed by atoms with Crippen molar-refractivity contribution in [2.75, 3.05) is 19.7 Å². The number of ether oxygens (including phenoxy) is 1. The Hall–Kier alpha value is -0.770. The van der Waals surface area contributed by atoms with Gasteiger partial charge in [-0.2, -0.15) is 0 Å². The maximum Gasteiger partial charge on any atom is 0.312 e. The summed E-state index contributed by atoms with van der Waals surface area (Å²) in [7, 11) is 0. The third kappa shape index (κ3) is 3.09. The van der Waals surface area contributed by atoms with Crippen LogP contribution in [0.3, 0.4) is 0 Å². The number of rotatable bonds is 2. The molecule has 0 aromatic heterocycles. The van der Waals surface area contributed by atoms with Gasteiger partial charge in [-0.25, -0.2) is 0 Å². The van der Waals surface area contributed by atoms with Crippen LogP contribution in [0.25, 0.3) is 0 Å². The van der Waals surface area contributed by atoms with Crippen molar-refractivity contribution in [1.29, 1.82) is 0 Å². The average Bonchev–Trinajstić information content (AvgIpc) is 2.07. The first kappa shape index (κ1) is 11.2. The van der Waals surface area contributed by atoms with E-state index in [1.54, 1.807) is 13.3 Å². The summed E-state index contributed by atoms with van der Waals surface area (Å²) in [5.41, 5.74) is 0.